The Morgan fingerprint density at radius 1 is 1.58 bits per heavy atom. The van der Waals surface area contributed by atoms with Gasteiger partial charge in [-0.2, -0.15) is 0 Å². The number of carboxylic acid groups (broad SMARTS) is 1. The molecule has 0 aliphatic carbocycles. The lowest BCUT2D eigenvalue weighted by molar-refractivity contribution is -0.136. The van der Waals surface area contributed by atoms with Crippen LogP contribution in [-0.4, -0.2) is 34.3 Å². The Hall–Kier alpha value is -1.69. The van der Waals surface area contributed by atoms with Crippen LogP contribution in [0.3, 0.4) is 0 Å². The summed E-state index contributed by atoms with van der Waals surface area (Å²) >= 11 is 0. The van der Waals surface area contributed by atoms with Crippen molar-refractivity contribution in [1.82, 2.24) is 9.97 Å². The van der Waals surface area contributed by atoms with Crippen LogP contribution in [-0.2, 0) is 16.0 Å². The second-order valence-corrected chi connectivity index (χ2v) is 4.82. The lowest BCUT2D eigenvalue weighted by Crippen LogP contribution is -2.25. The van der Waals surface area contributed by atoms with E-state index in [-0.39, 0.29) is 24.3 Å². The first-order valence-electron chi connectivity index (χ1n) is 6.47. The molecule has 1 aromatic rings. The van der Waals surface area contributed by atoms with Crippen LogP contribution in [0, 0.1) is 6.92 Å². The van der Waals surface area contributed by atoms with E-state index < -0.39 is 5.97 Å². The smallest absolute Gasteiger partial charge is 0.303 e. The molecule has 1 atom stereocenters. The predicted molar refractivity (Wildman–Crippen MR) is 68.3 cm³/mol. The topological polar surface area (TPSA) is 92.3 Å². The molecule has 1 aliphatic rings. The fourth-order valence-corrected chi connectivity index (χ4v) is 2.31. The summed E-state index contributed by atoms with van der Waals surface area (Å²) < 4.78 is 5.39. The van der Waals surface area contributed by atoms with Gasteiger partial charge in [0.05, 0.1) is 6.61 Å². The molecule has 1 fully saturated rings. The molecule has 104 valence electrons. The first kappa shape index (κ1) is 13.7. The number of ether oxygens (including phenoxy) is 1. The molecule has 2 heterocycles. The molecule has 1 aromatic heterocycles. The molecule has 0 aromatic carbocycles. The highest BCUT2D eigenvalue weighted by atomic mass is 16.5. The van der Waals surface area contributed by atoms with E-state index in [0.29, 0.717) is 23.7 Å². The first-order chi connectivity index (χ1) is 9.08. The summed E-state index contributed by atoms with van der Waals surface area (Å²) in [5.74, 6) is -0.126. The minimum atomic E-state index is -0.913. The third-order valence-electron chi connectivity index (χ3n) is 3.38. The highest BCUT2D eigenvalue weighted by Gasteiger charge is 2.20. The van der Waals surface area contributed by atoms with Gasteiger partial charge in [0.25, 0.3) is 5.56 Å². The molecule has 0 radical (unpaired) electrons. The standard InChI is InChI=1S/C13H18N2O4/c1-8-10(4-5-11(16)17)13(18)15-12(14-8)9-3-2-6-19-7-9/h9H,2-7H2,1H3,(H,16,17)(H,14,15,18). The lowest BCUT2D eigenvalue weighted by atomic mass is 10.0. The summed E-state index contributed by atoms with van der Waals surface area (Å²) in [6, 6.07) is 0. The van der Waals surface area contributed by atoms with Crippen molar-refractivity contribution in [2.24, 2.45) is 0 Å². The van der Waals surface area contributed by atoms with Gasteiger partial charge in [0, 0.05) is 30.2 Å². The summed E-state index contributed by atoms with van der Waals surface area (Å²) in [6.45, 7) is 3.09. The molecular formula is C13H18N2O4. The van der Waals surface area contributed by atoms with Crippen molar-refractivity contribution in [1.29, 1.82) is 0 Å². The van der Waals surface area contributed by atoms with Gasteiger partial charge in [-0.05, 0) is 26.2 Å². The first-order valence-corrected chi connectivity index (χ1v) is 6.47. The van der Waals surface area contributed by atoms with E-state index in [1.165, 1.54) is 0 Å². The molecule has 1 aliphatic heterocycles. The monoisotopic (exact) mass is 266 g/mol. The zero-order chi connectivity index (χ0) is 13.8. The van der Waals surface area contributed by atoms with Gasteiger partial charge >= 0.3 is 5.97 Å². The number of aromatic amines is 1. The summed E-state index contributed by atoms with van der Waals surface area (Å²) in [4.78, 5) is 29.7. The van der Waals surface area contributed by atoms with E-state index in [1.807, 2.05) is 0 Å². The lowest BCUT2D eigenvalue weighted by Gasteiger charge is -2.21. The molecule has 19 heavy (non-hydrogen) atoms. The zero-order valence-corrected chi connectivity index (χ0v) is 10.9. The Morgan fingerprint density at radius 3 is 2.95 bits per heavy atom. The number of nitrogens with one attached hydrogen (secondary N) is 1. The Labute approximate surface area is 110 Å². The SMILES string of the molecule is Cc1nc(C2CCCOC2)[nH]c(=O)c1CCC(=O)O. The Kier molecular flexibility index (Phi) is 4.31. The Bertz CT molecular complexity index is 518. The van der Waals surface area contributed by atoms with E-state index >= 15 is 0 Å². The maximum Gasteiger partial charge on any atom is 0.303 e. The van der Waals surface area contributed by atoms with Crippen LogP contribution >= 0.6 is 0 Å². The molecule has 2 rings (SSSR count). The van der Waals surface area contributed by atoms with Crippen molar-refractivity contribution >= 4 is 5.97 Å². The zero-order valence-electron chi connectivity index (χ0n) is 10.9. The number of aromatic nitrogens is 2. The van der Waals surface area contributed by atoms with Crippen molar-refractivity contribution in [3.8, 4) is 0 Å². The van der Waals surface area contributed by atoms with Crippen LogP contribution in [0.15, 0.2) is 4.79 Å². The van der Waals surface area contributed by atoms with E-state index in [2.05, 4.69) is 9.97 Å². The third kappa shape index (κ3) is 3.41. The number of hydrogen-bond donors (Lipinski definition) is 2. The fraction of sp³-hybridized carbons (Fsp3) is 0.615. The second kappa shape index (κ2) is 5.97. The number of aliphatic carboxylic acids is 1. The second-order valence-electron chi connectivity index (χ2n) is 4.82. The van der Waals surface area contributed by atoms with Crippen LogP contribution in [0.5, 0.6) is 0 Å². The van der Waals surface area contributed by atoms with Gasteiger partial charge in [0.15, 0.2) is 0 Å². The number of rotatable bonds is 4. The van der Waals surface area contributed by atoms with E-state index in [4.69, 9.17) is 9.84 Å². The number of H-pyrrole nitrogens is 1. The summed E-state index contributed by atoms with van der Waals surface area (Å²) in [7, 11) is 0. The molecule has 0 amide bonds. The number of carboxylic acids is 1. The van der Waals surface area contributed by atoms with Crippen LogP contribution < -0.4 is 5.56 Å². The fourth-order valence-electron chi connectivity index (χ4n) is 2.31. The number of carbonyl (C=O) groups is 1. The number of hydrogen-bond acceptors (Lipinski definition) is 4. The van der Waals surface area contributed by atoms with Crippen molar-refractivity contribution in [2.45, 2.75) is 38.5 Å². The van der Waals surface area contributed by atoms with Gasteiger partial charge in [-0.3, -0.25) is 9.59 Å². The van der Waals surface area contributed by atoms with Crippen molar-refractivity contribution in [3.63, 3.8) is 0 Å². The molecule has 6 nitrogen and oxygen atoms in total. The molecule has 1 saturated heterocycles. The molecule has 0 saturated carbocycles. The minimum absolute atomic E-state index is 0.0580. The molecule has 1 unspecified atom stereocenters. The van der Waals surface area contributed by atoms with Gasteiger partial charge < -0.3 is 14.8 Å². The molecule has 0 spiro atoms. The third-order valence-corrected chi connectivity index (χ3v) is 3.38. The summed E-state index contributed by atoms with van der Waals surface area (Å²) in [5, 5.41) is 8.67. The maximum absolute atomic E-state index is 12.0. The van der Waals surface area contributed by atoms with Crippen molar-refractivity contribution < 1.29 is 14.6 Å². The van der Waals surface area contributed by atoms with E-state index in [1.54, 1.807) is 6.92 Å². The van der Waals surface area contributed by atoms with E-state index in [0.717, 1.165) is 19.4 Å². The Balaban J connectivity index is 2.20. The molecule has 6 heteroatoms. The minimum Gasteiger partial charge on any atom is -0.481 e. The largest absolute Gasteiger partial charge is 0.481 e. The molecular weight excluding hydrogens is 248 g/mol. The maximum atomic E-state index is 12.0. The normalized spacial score (nSPS) is 19.3. The van der Waals surface area contributed by atoms with Crippen LogP contribution in [0.4, 0.5) is 0 Å². The number of aryl methyl sites for hydroxylation is 1. The number of nitrogens with zero attached hydrogens (tertiary/aromatic N) is 1. The van der Waals surface area contributed by atoms with Crippen LogP contribution in [0.2, 0.25) is 0 Å². The van der Waals surface area contributed by atoms with Crippen molar-refractivity contribution in [2.75, 3.05) is 13.2 Å². The van der Waals surface area contributed by atoms with Gasteiger partial charge in [0.2, 0.25) is 0 Å². The Morgan fingerprint density at radius 2 is 2.37 bits per heavy atom. The predicted octanol–water partition coefficient (Wildman–Crippen LogP) is 0.990. The molecule has 0 bridgehead atoms. The molecule has 2 N–H and O–H groups in total. The highest BCUT2D eigenvalue weighted by molar-refractivity contribution is 5.67. The average molecular weight is 266 g/mol. The summed E-state index contributed by atoms with van der Waals surface area (Å²) in [6.07, 6.45) is 2.08. The van der Waals surface area contributed by atoms with Crippen molar-refractivity contribution in [3.05, 3.63) is 27.4 Å². The highest BCUT2D eigenvalue weighted by Crippen LogP contribution is 2.22. The van der Waals surface area contributed by atoms with Gasteiger partial charge in [-0.15, -0.1) is 0 Å². The van der Waals surface area contributed by atoms with E-state index in [9.17, 15) is 9.59 Å². The van der Waals surface area contributed by atoms with Gasteiger partial charge in [0.1, 0.15) is 5.82 Å². The summed E-state index contributed by atoms with van der Waals surface area (Å²) in [5.41, 5.74) is 0.850. The van der Waals surface area contributed by atoms with Crippen LogP contribution in [0.25, 0.3) is 0 Å². The van der Waals surface area contributed by atoms with Gasteiger partial charge in [-0.1, -0.05) is 0 Å². The van der Waals surface area contributed by atoms with Crippen LogP contribution in [0.1, 0.15) is 42.3 Å². The van der Waals surface area contributed by atoms with Gasteiger partial charge in [-0.25, -0.2) is 4.98 Å². The average Bonchev–Trinajstić information content (AvgIpc) is 2.38. The quantitative estimate of drug-likeness (QED) is 0.847.